The second kappa shape index (κ2) is 3.59. The standard InChI is InChI=1S/C9H7ClN2O2/c10-6-1-3-7(4-2-6)11-8-5-9(13)14-12-8/h1-5,11-12H. The van der Waals surface area contributed by atoms with Crippen molar-refractivity contribution in [1.82, 2.24) is 5.16 Å². The number of hydrogen-bond acceptors (Lipinski definition) is 3. The number of halogens is 1. The van der Waals surface area contributed by atoms with Crippen LogP contribution in [-0.2, 0) is 0 Å². The molecule has 1 aromatic heterocycles. The summed E-state index contributed by atoms with van der Waals surface area (Å²) in [6.07, 6.45) is 0. The van der Waals surface area contributed by atoms with Crippen molar-refractivity contribution in [3.8, 4) is 0 Å². The predicted molar refractivity (Wildman–Crippen MR) is 54.1 cm³/mol. The Hall–Kier alpha value is -1.68. The number of aromatic amines is 1. The van der Waals surface area contributed by atoms with Gasteiger partial charge in [-0.25, -0.2) is 9.95 Å². The molecule has 0 unspecified atom stereocenters. The zero-order valence-corrected chi connectivity index (χ0v) is 7.84. The highest BCUT2D eigenvalue weighted by Gasteiger charge is 1.98. The third-order valence-electron chi connectivity index (χ3n) is 1.65. The van der Waals surface area contributed by atoms with Gasteiger partial charge in [0.15, 0.2) is 0 Å². The molecule has 0 bridgehead atoms. The van der Waals surface area contributed by atoms with Gasteiger partial charge in [0.25, 0.3) is 0 Å². The van der Waals surface area contributed by atoms with Crippen molar-refractivity contribution in [3.05, 3.63) is 45.8 Å². The molecule has 72 valence electrons. The molecule has 0 radical (unpaired) electrons. The quantitative estimate of drug-likeness (QED) is 0.800. The number of nitrogens with one attached hydrogen (secondary N) is 2. The lowest BCUT2D eigenvalue weighted by Gasteiger charge is -2.01. The molecular weight excluding hydrogens is 204 g/mol. The van der Waals surface area contributed by atoms with Gasteiger partial charge >= 0.3 is 5.63 Å². The van der Waals surface area contributed by atoms with Crippen LogP contribution in [0.5, 0.6) is 0 Å². The van der Waals surface area contributed by atoms with Gasteiger partial charge in [0.1, 0.15) is 5.82 Å². The topological polar surface area (TPSA) is 58.0 Å². The average Bonchev–Trinajstić information content (AvgIpc) is 2.56. The Kier molecular flexibility index (Phi) is 2.28. The maximum absolute atomic E-state index is 10.7. The summed E-state index contributed by atoms with van der Waals surface area (Å²) in [5.74, 6) is 0.511. The molecule has 1 heterocycles. The summed E-state index contributed by atoms with van der Waals surface area (Å²) in [5.41, 5.74) is 0.410. The van der Waals surface area contributed by atoms with Crippen LogP contribution in [0.1, 0.15) is 0 Å². The van der Waals surface area contributed by atoms with Crippen molar-refractivity contribution >= 4 is 23.1 Å². The van der Waals surface area contributed by atoms with Crippen LogP contribution in [0.2, 0.25) is 5.02 Å². The Bertz CT molecular complexity index is 472. The van der Waals surface area contributed by atoms with Gasteiger partial charge in [-0.1, -0.05) is 11.6 Å². The molecule has 0 saturated carbocycles. The highest BCUT2D eigenvalue weighted by atomic mass is 35.5. The van der Waals surface area contributed by atoms with Gasteiger partial charge < -0.3 is 9.84 Å². The van der Waals surface area contributed by atoms with E-state index in [-0.39, 0.29) is 0 Å². The highest BCUT2D eigenvalue weighted by Crippen LogP contribution is 2.16. The predicted octanol–water partition coefficient (Wildman–Crippen LogP) is 2.36. The molecule has 2 aromatic rings. The van der Waals surface area contributed by atoms with E-state index in [1.165, 1.54) is 6.07 Å². The highest BCUT2D eigenvalue weighted by molar-refractivity contribution is 6.30. The van der Waals surface area contributed by atoms with Crippen molar-refractivity contribution in [2.45, 2.75) is 0 Å². The molecule has 0 fully saturated rings. The lowest BCUT2D eigenvalue weighted by molar-refractivity contribution is 0.394. The maximum Gasteiger partial charge on any atom is 0.359 e. The number of H-pyrrole nitrogens is 1. The summed E-state index contributed by atoms with van der Waals surface area (Å²) in [5, 5.41) is 6.04. The molecule has 0 aliphatic carbocycles. The largest absolute Gasteiger partial charge is 0.359 e. The van der Waals surface area contributed by atoms with Crippen LogP contribution < -0.4 is 10.9 Å². The van der Waals surface area contributed by atoms with Crippen molar-refractivity contribution in [3.63, 3.8) is 0 Å². The first kappa shape index (κ1) is 8.90. The maximum atomic E-state index is 10.7. The first-order chi connectivity index (χ1) is 6.74. The molecule has 4 nitrogen and oxygen atoms in total. The molecule has 0 saturated heterocycles. The Morgan fingerprint density at radius 2 is 2.00 bits per heavy atom. The third-order valence-corrected chi connectivity index (χ3v) is 1.90. The molecule has 5 heteroatoms. The number of anilines is 2. The number of benzene rings is 1. The van der Waals surface area contributed by atoms with Crippen molar-refractivity contribution in [2.24, 2.45) is 0 Å². The van der Waals surface area contributed by atoms with Crippen LogP contribution in [0, 0.1) is 0 Å². The summed E-state index contributed by atoms with van der Waals surface area (Å²) in [7, 11) is 0. The lowest BCUT2D eigenvalue weighted by atomic mass is 10.3. The normalized spacial score (nSPS) is 10.1. The molecule has 0 spiro atoms. The number of aromatic nitrogens is 1. The summed E-state index contributed by atoms with van der Waals surface area (Å²) in [6.45, 7) is 0. The Morgan fingerprint density at radius 3 is 2.57 bits per heavy atom. The summed E-state index contributed by atoms with van der Waals surface area (Å²) in [4.78, 5) is 10.7. The van der Waals surface area contributed by atoms with E-state index in [4.69, 9.17) is 11.6 Å². The van der Waals surface area contributed by atoms with Crippen LogP contribution in [0.3, 0.4) is 0 Å². The Labute approximate surface area is 84.5 Å². The fraction of sp³-hybridized carbons (Fsp3) is 0. The van der Waals surface area contributed by atoms with Crippen LogP contribution >= 0.6 is 11.6 Å². The SMILES string of the molecule is O=c1cc(Nc2ccc(Cl)cc2)[nH]o1. The van der Waals surface area contributed by atoms with Gasteiger partial charge in [-0.05, 0) is 24.3 Å². The molecular formula is C9H7ClN2O2. The minimum absolute atomic E-state index is 0.415. The Morgan fingerprint density at radius 1 is 1.29 bits per heavy atom. The van der Waals surface area contributed by atoms with E-state index in [1.54, 1.807) is 24.3 Å². The molecule has 2 N–H and O–H groups in total. The Balaban J connectivity index is 2.19. The third kappa shape index (κ3) is 1.97. The molecule has 0 amide bonds. The second-order valence-corrected chi connectivity index (χ2v) is 3.15. The summed E-state index contributed by atoms with van der Waals surface area (Å²) < 4.78 is 4.49. The average molecular weight is 211 g/mol. The molecule has 1 aromatic carbocycles. The van der Waals surface area contributed by atoms with E-state index in [9.17, 15) is 4.79 Å². The van der Waals surface area contributed by atoms with Crippen molar-refractivity contribution in [1.29, 1.82) is 0 Å². The van der Waals surface area contributed by atoms with E-state index in [0.29, 0.717) is 10.8 Å². The molecule has 2 rings (SSSR count). The fourth-order valence-electron chi connectivity index (χ4n) is 1.03. The van der Waals surface area contributed by atoms with Gasteiger partial charge in [0, 0.05) is 10.7 Å². The number of rotatable bonds is 2. The lowest BCUT2D eigenvalue weighted by Crippen LogP contribution is -1.90. The minimum Gasteiger partial charge on any atom is -0.339 e. The monoisotopic (exact) mass is 210 g/mol. The zero-order chi connectivity index (χ0) is 9.97. The van der Waals surface area contributed by atoms with Crippen LogP contribution in [0.4, 0.5) is 11.5 Å². The van der Waals surface area contributed by atoms with Crippen LogP contribution in [-0.4, -0.2) is 5.16 Å². The van der Waals surface area contributed by atoms with E-state index < -0.39 is 5.63 Å². The van der Waals surface area contributed by atoms with Crippen molar-refractivity contribution in [2.75, 3.05) is 5.32 Å². The molecule has 0 aliphatic rings. The summed E-state index contributed by atoms with van der Waals surface area (Å²) >= 11 is 5.71. The molecule has 14 heavy (non-hydrogen) atoms. The first-order valence-corrected chi connectivity index (χ1v) is 4.33. The van der Waals surface area contributed by atoms with Gasteiger partial charge in [-0.2, -0.15) is 0 Å². The van der Waals surface area contributed by atoms with Gasteiger partial charge in [0.05, 0.1) is 6.07 Å². The van der Waals surface area contributed by atoms with Crippen LogP contribution in [0.25, 0.3) is 0 Å². The molecule has 0 aliphatic heterocycles. The van der Waals surface area contributed by atoms with Gasteiger partial charge in [-0.3, -0.25) is 0 Å². The minimum atomic E-state index is -0.415. The van der Waals surface area contributed by atoms with Crippen molar-refractivity contribution < 1.29 is 4.52 Å². The van der Waals surface area contributed by atoms with E-state index >= 15 is 0 Å². The van der Waals surface area contributed by atoms with E-state index in [1.807, 2.05) is 0 Å². The fourth-order valence-corrected chi connectivity index (χ4v) is 1.16. The van der Waals surface area contributed by atoms with E-state index in [0.717, 1.165) is 5.69 Å². The molecule has 0 atom stereocenters. The van der Waals surface area contributed by atoms with Gasteiger partial charge in [-0.15, -0.1) is 0 Å². The van der Waals surface area contributed by atoms with Crippen LogP contribution in [0.15, 0.2) is 39.6 Å². The first-order valence-electron chi connectivity index (χ1n) is 3.95. The summed E-state index contributed by atoms with van der Waals surface area (Å²) in [6, 6.07) is 8.43. The zero-order valence-electron chi connectivity index (χ0n) is 7.08. The van der Waals surface area contributed by atoms with Gasteiger partial charge in [0.2, 0.25) is 0 Å². The van der Waals surface area contributed by atoms with E-state index in [2.05, 4.69) is 15.0 Å². The number of hydrogen-bond donors (Lipinski definition) is 2. The smallest absolute Gasteiger partial charge is 0.339 e. The second-order valence-electron chi connectivity index (χ2n) is 2.71.